The topological polar surface area (TPSA) is 60.0 Å². The largest absolute Gasteiger partial charge is 0.328 e. The maximum Gasteiger partial charge on any atom is 0.146 e. The molecule has 2 heterocycles. The van der Waals surface area contributed by atoms with Gasteiger partial charge >= 0.3 is 0 Å². The van der Waals surface area contributed by atoms with Gasteiger partial charge in [0.05, 0.1) is 6.54 Å². The van der Waals surface area contributed by atoms with Gasteiger partial charge in [0, 0.05) is 25.7 Å². The Labute approximate surface area is 90.3 Å². The molecule has 2 N–H and O–H groups in total. The minimum absolute atomic E-state index is 0.394. The normalized spacial score (nSPS) is 19.6. The van der Waals surface area contributed by atoms with Gasteiger partial charge in [0.25, 0.3) is 0 Å². The summed E-state index contributed by atoms with van der Waals surface area (Å²) in [5, 5.41) is 8.08. The van der Waals surface area contributed by atoms with Gasteiger partial charge in [0.15, 0.2) is 0 Å². The maximum atomic E-state index is 5.87. The lowest BCUT2D eigenvalue weighted by molar-refractivity contribution is 0.199. The van der Waals surface area contributed by atoms with E-state index in [0.717, 1.165) is 44.8 Å². The Morgan fingerprint density at radius 1 is 1.47 bits per heavy atom. The molecule has 1 saturated heterocycles. The molecule has 0 unspecified atom stereocenters. The van der Waals surface area contributed by atoms with Crippen LogP contribution in [0.5, 0.6) is 0 Å². The number of hydrogen-bond donors (Lipinski definition) is 1. The van der Waals surface area contributed by atoms with Crippen LogP contribution in [0, 0.1) is 0 Å². The highest BCUT2D eigenvalue weighted by Crippen LogP contribution is 2.11. The summed E-state index contributed by atoms with van der Waals surface area (Å²) in [7, 11) is 0. The number of nitrogens with zero attached hydrogens (tertiary/aromatic N) is 4. The summed E-state index contributed by atoms with van der Waals surface area (Å²) in [6.07, 6.45) is 3.99. The van der Waals surface area contributed by atoms with E-state index < -0.39 is 0 Å². The molecule has 0 aliphatic carbocycles. The number of piperidine rings is 1. The Morgan fingerprint density at radius 3 is 2.87 bits per heavy atom. The van der Waals surface area contributed by atoms with Crippen LogP contribution in [0.25, 0.3) is 0 Å². The van der Waals surface area contributed by atoms with Gasteiger partial charge in [-0.1, -0.05) is 0 Å². The van der Waals surface area contributed by atoms with Crippen molar-refractivity contribution in [2.75, 3.05) is 13.1 Å². The molecule has 5 heteroatoms. The van der Waals surface area contributed by atoms with Crippen molar-refractivity contribution in [1.82, 2.24) is 19.7 Å². The summed E-state index contributed by atoms with van der Waals surface area (Å²) in [6.45, 7) is 6.12. The minimum Gasteiger partial charge on any atom is -0.328 e. The van der Waals surface area contributed by atoms with Gasteiger partial charge in [-0.25, -0.2) is 0 Å². The fourth-order valence-electron chi connectivity index (χ4n) is 1.98. The summed E-state index contributed by atoms with van der Waals surface area (Å²) in [4.78, 5) is 2.40. The van der Waals surface area contributed by atoms with Gasteiger partial charge in [-0.2, -0.15) is 0 Å². The molecule has 84 valence electrons. The molecule has 0 atom stereocenters. The van der Waals surface area contributed by atoms with E-state index in [0.29, 0.717) is 6.04 Å². The molecule has 0 spiro atoms. The van der Waals surface area contributed by atoms with E-state index in [-0.39, 0.29) is 0 Å². The number of likely N-dealkylation sites (tertiary alicyclic amines) is 1. The molecule has 5 nitrogen and oxygen atoms in total. The Morgan fingerprint density at radius 2 is 2.20 bits per heavy atom. The van der Waals surface area contributed by atoms with E-state index in [1.807, 2.05) is 0 Å². The third-order valence-electron chi connectivity index (χ3n) is 3.03. The van der Waals surface area contributed by atoms with Gasteiger partial charge in [0.1, 0.15) is 12.2 Å². The molecule has 2 rings (SSSR count). The van der Waals surface area contributed by atoms with Crippen LogP contribution in [0.3, 0.4) is 0 Å². The SMILES string of the molecule is CCn1cnnc1CN1CCC(N)CC1. The molecule has 0 bridgehead atoms. The lowest BCUT2D eigenvalue weighted by Gasteiger charge is -2.29. The zero-order valence-electron chi connectivity index (χ0n) is 9.26. The second-order valence-electron chi connectivity index (χ2n) is 4.15. The summed E-state index contributed by atoms with van der Waals surface area (Å²) in [6, 6.07) is 0.394. The van der Waals surface area contributed by atoms with E-state index in [4.69, 9.17) is 5.73 Å². The Bertz CT molecular complexity index is 301. The van der Waals surface area contributed by atoms with Crippen molar-refractivity contribution >= 4 is 0 Å². The second kappa shape index (κ2) is 4.72. The van der Waals surface area contributed by atoms with Crippen molar-refractivity contribution in [2.45, 2.75) is 38.9 Å². The summed E-state index contributed by atoms with van der Waals surface area (Å²) < 4.78 is 2.09. The molecular weight excluding hydrogens is 190 g/mol. The van der Waals surface area contributed by atoms with E-state index >= 15 is 0 Å². The first kappa shape index (κ1) is 10.6. The summed E-state index contributed by atoms with van der Waals surface area (Å²) in [5.74, 6) is 1.06. The number of aromatic nitrogens is 3. The van der Waals surface area contributed by atoms with Crippen LogP contribution in [0.1, 0.15) is 25.6 Å². The van der Waals surface area contributed by atoms with Crippen LogP contribution in [0.4, 0.5) is 0 Å². The smallest absolute Gasteiger partial charge is 0.146 e. The number of nitrogens with two attached hydrogens (primary N) is 1. The molecule has 1 fully saturated rings. The van der Waals surface area contributed by atoms with Crippen LogP contribution in [-0.2, 0) is 13.1 Å². The van der Waals surface area contributed by atoms with E-state index in [1.54, 1.807) is 6.33 Å². The Kier molecular flexibility index (Phi) is 3.33. The lowest BCUT2D eigenvalue weighted by Crippen LogP contribution is -2.39. The highest BCUT2D eigenvalue weighted by atomic mass is 15.3. The molecule has 1 aromatic heterocycles. The molecule has 1 aliphatic rings. The molecule has 0 aromatic carbocycles. The molecule has 1 aliphatic heterocycles. The third kappa shape index (κ3) is 2.54. The first-order valence-electron chi connectivity index (χ1n) is 5.64. The number of rotatable bonds is 3. The zero-order valence-corrected chi connectivity index (χ0v) is 9.26. The highest BCUT2D eigenvalue weighted by Gasteiger charge is 2.17. The quantitative estimate of drug-likeness (QED) is 0.773. The van der Waals surface area contributed by atoms with E-state index in [1.165, 1.54) is 0 Å². The van der Waals surface area contributed by atoms with Gasteiger partial charge in [-0.05, 0) is 19.8 Å². The standard InChI is InChI=1S/C10H19N5/c1-2-15-8-12-13-10(15)7-14-5-3-9(11)4-6-14/h8-9H,2-7,11H2,1H3. The van der Waals surface area contributed by atoms with Crippen LogP contribution in [-0.4, -0.2) is 38.8 Å². The Hall–Kier alpha value is -0.940. The molecule has 0 radical (unpaired) electrons. The first-order valence-corrected chi connectivity index (χ1v) is 5.64. The van der Waals surface area contributed by atoms with E-state index in [2.05, 4.69) is 26.6 Å². The van der Waals surface area contributed by atoms with Crippen LogP contribution in [0.2, 0.25) is 0 Å². The fraction of sp³-hybridized carbons (Fsp3) is 0.800. The predicted octanol–water partition coefficient (Wildman–Crippen LogP) is 0.221. The number of hydrogen-bond acceptors (Lipinski definition) is 4. The number of aryl methyl sites for hydroxylation is 1. The van der Waals surface area contributed by atoms with Crippen molar-refractivity contribution in [3.05, 3.63) is 12.2 Å². The average molecular weight is 209 g/mol. The van der Waals surface area contributed by atoms with Gasteiger partial charge in [-0.15, -0.1) is 10.2 Å². The zero-order chi connectivity index (χ0) is 10.7. The van der Waals surface area contributed by atoms with Crippen LogP contribution < -0.4 is 5.73 Å². The van der Waals surface area contributed by atoms with Crippen molar-refractivity contribution in [1.29, 1.82) is 0 Å². The molecule has 15 heavy (non-hydrogen) atoms. The van der Waals surface area contributed by atoms with Crippen molar-refractivity contribution in [3.63, 3.8) is 0 Å². The second-order valence-corrected chi connectivity index (χ2v) is 4.15. The van der Waals surface area contributed by atoms with Gasteiger partial charge < -0.3 is 10.3 Å². The lowest BCUT2D eigenvalue weighted by atomic mass is 10.1. The first-order chi connectivity index (χ1) is 7.29. The maximum absolute atomic E-state index is 5.87. The highest BCUT2D eigenvalue weighted by molar-refractivity contribution is 4.87. The molecular formula is C10H19N5. The minimum atomic E-state index is 0.394. The average Bonchev–Trinajstić information content (AvgIpc) is 2.69. The third-order valence-corrected chi connectivity index (χ3v) is 3.03. The summed E-state index contributed by atoms with van der Waals surface area (Å²) >= 11 is 0. The van der Waals surface area contributed by atoms with Crippen molar-refractivity contribution in [2.24, 2.45) is 5.73 Å². The molecule has 1 aromatic rings. The van der Waals surface area contributed by atoms with E-state index in [9.17, 15) is 0 Å². The monoisotopic (exact) mass is 209 g/mol. The van der Waals surface area contributed by atoms with Gasteiger partial charge in [-0.3, -0.25) is 4.90 Å². The summed E-state index contributed by atoms with van der Waals surface area (Å²) in [5.41, 5.74) is 5.87. The fourth-order valence-corrected chi connectivity index (χ4v) is 1.98. The Balaban J connectivity index is 1.91. The van der Waals surface area contributed by atoms with Crippen LogP contribution >= 0.6 is 0 Å². The van der Waals surface area contributed by atoms with Crippen molar-refractivity contribution in [3.8, 4) is 0 Å². The molecule has 0 saturated carbocycles. The van der Waals surface area contributed by atoms with Crippen molar-refractivity contribution < 1.29 is 0 Å². The molecule has 0 amide bonds. The van der Waals surface area contributed by atoms with Crippen LogP contribution in [0.15, 0.2) is 6.33 Å². The van der Waals surface area contributed by atoms with Gasteiger partial charge in [0.2, 0.25) is 0 Å². The predicted molar refractivity (Wildman–Crippen MR) is 58.2 cm³/mol.